The summed E-state index contributed by atoms with van der Waals surface area (Å²) in [6, 6.07) is 51.6. The number of imidazole rings is 5. The number of carbonyl (C=O) groups is 7. The molecule has 0 saturated heterocycles. The zero-order valence-corrected chi connectivity index (χ0v) is 60.4. The van der Waals surface area contributed by atoms with Crippen LogP contribution >= 0.6 is 0 Å². The number of aromatic nitrogens is 11. The monoisotopic (exact) mass is 1480 g/mol. The summed E-state index contributed by atoms with van der Waals surface area (Å²) in [5, 5.41) is 47.9. The van der Waals surface area contributed by atoms with Crippen molar-refractivity contribution in [2.75, 3.05) is 0 Å². The van der Waals surface area contributed by atoms with Crippen molar-refractivity contribution < 1.29 is 59.6 Å². The minimum atomic E-state index is -0.606. The van der Waals surface area contributed by atoms with E-state index >= 15 is 0 Å². The normalized spacial score (nSPS) is 11.1. The summed E-state index contributed by atoms with van der Waals surface area (Å²) in [5.74, 6) is 0.310. The highest BCUT2D eigenvalue weighted by Gasteiger charge is 2.14. The Kier molecular flexibility index (Phi) is 28.9. The van der Waals surface area contributed by atoms with E-state index in [9.17, 15) is 33.6 Å². The number of hydroxylamine groups is 5. The molecular formula is C80H80N18O12. The van der Waals surface area contributed by atoms with E-state index in [4.69, 9.17) is 31.0 Å². The Labute approximate surface area is 629 Å². The summed E-state index contributed by atoms with van der Waals surface area (Å²) in [6.45, 7) is 2.55. The minimum absolute atomic E-state index is 0.0631. The van der Waals surface area contributed by atoms with Crippen LogP contribution in [-0.4, -0.2) is 121 Å². The molecule has 0 aliphatic rings. The molecule has 0 aliphatic carbocycles. The lowest BCUT2D eigenvalue weighted by Gasteiger charge is -2.06. The van der Waals surface area contributed by atoms with E-state index in [-0.39, 0.29) is 18.4 Å². The maximum Gasteiger partial charge on any atom is 0.267 e. The van der Waals surface area contributed by atoms with Crippen molar-refractivity contribution in [3.05, 3.63) is 281 Å². The number of rotatable bonds is 21. The van der Waals surface area contributed by atoms with E-state index in [1.54, 1.807) is 77.7 Å². The van der Waals surface area contributed by atoms with Crippen molar-refractivity contribution in [1.82, 2.24) is 91.2 Å². The molecule has 0 aliphatic heterocycles. The first-order valence-corrected chi connectivity index (χ1v) is 34.1. The Bertz CT molecular complexity index is 5540. The molecule has 30 nitrogen and oxygen atoms in total. The van der Waals surface area contributed by atoms with Gasteiger partial charge in [0.15, 0.2) is 0 Å². The molecule has 0 spiro atoms. The summed E-state index contributed by atoms with van der Waals surface area (Å²) in [5.41, 5.74) is 23.7. The molecule has 0 atom stereocenters. The average Bonchev–Trinajstić information content (AvgIpc) is 1.67. The summed E-state index contributed by atoms with van der Waals surface area (Å²) >= 11 is 0. The Hall–Kier alpha value is -14.2. The first kappa shape index (κ1) is 79.9. The highest BCUT2D eigenvalue weighted by Crippen LogP contribution is 2.23. The zero-order chi connectivity index (χ0) is 78.5. The van der Waals surface area contributed by atoms with Gasteiger partial charge in [0.1, 0.15) is 23.3 Å². The van der Waals surface area contributed by atoms with Gasteiger partial charge in [0.2, 0.25) is 5.91 Å². The Morgan fingerprint density at radius 2 is 0.791 bits per heavy atom. The first-order chi connectivity index (χ1) is 53.2. The van der Waals surface area contributed by atoms with Gasteiger partial charge in [-0.25, -0.2) is 52.3 Å². The molecule has 0 bridgehead atoms. The van der Waals surface area contributed by atoms with Crippen molar-refractivity contribution in [2.24, 2.45) is 28.2 Å². The molecular weight excluding hydrogens is 1400 g/mol. The summed E-state index contributed by atoms with van der Waals surface area (Å²) in [7, 11) is 7.75. The largest absolute Gasteiger partial charge is 0.349 e. The van der Waals surface area contributed by atoms with Crippen LogP contribution in [0.4, 0.5) is 0 Å². The predicted octanol–water partition coefficient (Wildman–Crippen LogP) is 9.12. The fraction of sp³-hybridized carbons (Fsp3) is 0.138. The predicted molar refractivity (Wildman–Crippen MR) is 414 cm³/mol. The molecule has 7 amide bonds. The summed E-state index contributed by atoms with van der Waals surface area (Å²) in [4.78, 5) is 108. The number of nitrogens with zero attached hydrogens (tertiary/aromatic N) is 10. The Morgan fingerprint density at radius 1 is 0.409 bits per heavy atom. The lowest BCUT2D eigenvalue weighted by atomic mass is 10.1. The number of benzene rings is 7. The number of pyridine rings is 1. The van der Waals surface area contributed by atoms with Crippen LogP contribution in [0.2, 0.25) is 0 Å². The van der Waals surface area contributed by atoms with E-state index in [2.05, 4.69) is 69.4 Å². The van der Waals surface area contributed by atoms with E-state index in [0.717, 1.165) is 125 Å². The minimum Gasteiger partial charge on any atom is -0.349 e. The second-order valence-electron chi connectivity index (χ2n) is 24.4. The van der Waals surface area contributed by atoms with Gasteiger partial charge in [-0.05, 0) is 162 Å². The summed E-state index contributed by atoms with van der Waals surface area (Å²) in [6.07, 6.45) is 22.3. The van der Waals surface area contributed by atoms with E-state index < -0.39 is 29.5 Å². The molecule has 6 aromatic heterocycles. The average molecular weight is 1490 g/mol. The number of nitrogens with one attached hydrogen (secondary N) is 8. The van der Waals surface area contributed by atoms with Crippen LogP contribution < -0.4 is 38.0 Å². The topological polar surface area (TPSA) is 418 Å². The standard InChI is InChI=1S/C20H20N4O3.C20H21N3O2.C18H17N5O3.C12H13N3O2.C10H9N3O2/c1-24-17-9-7-15(8-10-19(25)23-27)11-16(17)22-18(24)13-21-20(26)12-14-5-3-2-4-6-14;1-23-18-12-10-16(11-13-20(24)22-25)14-17(18)21-19(23)9-5-8-15-6-3-2-4-7-15;1-23-15-4-2-12(3-5-17(24)22-26)10-14(15)21-16(23)11-20-18(25)13-6-8-19-9-7-13;1-8-13-10-7-9(4-6-12(16)14-17)3-5-11(10)15(8)2;14-10(13-15)4-2-7-1-3-8-9(5-7)12-6-11-8/h2-11,27H,12-13H2,1H3,(H,21,26)(H,23,25);2-4,6-7,10-14,25H,5,8-9H2,1H3,(H,22,24);2-10,26H,11H2,1H3,(H,20,25)(H,22,24);3-7,17H,1-2H3,(H,14,16);1-6,15H,(H,11,12)(H,13,14)/b10-8+;13-11+;5-3+;6-4+;4-2+. The second-order valence-corrected chi connectivity index (χ2v) is 24.4. The summed E-state index contributed by atoms with van der Waals surface area (Å²) < 4.78 is 7.94. The maximum absolute atomic E-state index is 12.1. The molecule has 7 aromatic carbocycles. The van der Waals surface area contributed by atoms with Crippen molar-refractivity contribution in [2.45, 2.75) is 45.7 Å². The molecule has 0 radical (unpaired) electrons. The molecule has 0 fully saturated rings. The van der Waals surface area contributed by atoms with E-state index in [1.807, 2.05) is 176 Å². The van der Waals surface area contributed by atoms with Crippen molar-refractivity contribution in [1.29, 1.82) is 0 Å². The number of fused-ring (bicyclic) bond motifs is 5. The number of carbonyl (C=O) groups excluding carboxylic acids is 7. The molecule has 562 valence electrons. The molecule has 0 saturated carbocycles. The molecule has 13 N–H and O–H groups in total. The molecule has 13 aromatic rings. The van der Waals surface area contributed by atoms with Crippen molar-refractivity contribution in [3.63, 3.8) is 0 Å². The van der Waals surface area contributed by atoms with Gasteiger partial charge < -0.3 is 33.9 Å². The zero-order valence-electron chi connectivity index (χ0n) is 60.4. The van der Waals surface area contributed by atoms with Crippen LogP contribution in [0.15, 0.2) is 213 Å². The van der Waals surface area contributed by atoms with Gasteiger partial charge in [0, 0.05) is 82.9 Å². The van der Waals surface area contributed by atoms with E-state index in [0.29, 0.717) is 24.4 Å². The SMILES string of the molecule is Cc1nc2cc(/C=C/C(=O)NO)ccc2n1C.Cn1c(CCCc2ccccc2)nc2cc(/C=C/C(=O)NO)ccc21.Cn1c(CNC(=O)Cc2ccccc2)nc2cc(/C=C/C(=O)NO)ccc21.Cn1c(CNC(=O)c2ccncc2)nc2cc(/C=C/C(=O)NO)ccc21.O=C(/C=C/c1ccc2nc[nH]c2c1)NO. The van der Waals surface area contributed by atoms with Gasteiger partial charge in [-0.1, -0.05) is 91.0 Å². The number of hydrogen-bond acceptors (Lipinski definition) is 18. The number of hydrogen-bond donors (Lipinski definition) is 13. The Morgan fingerprint density at radius 3 is 1.24 bits per heavy atom. The highest BCUT2D eigenvalue weighted by atomic mass is 16.5. The third kappa shape index (κ3) is 22.9. The number of aromatic amines is 1. The fourth-order valence-electron chi connectivity index (χ4n) is 11.1. The quantitative estimate of drug-likeness (QED) is 0.0181. The second kappa shape index (κ2) is 39.8. The lowest BCUT2D eigenvalue weighted by molar-refractivity contribution is -0.124. The van der Waals surface area contributed by atoms with Crippen LogP contribution in [0.25, 0.3) is 85.5 Å². The van der Waals surface area contributed by atoms with Crippen LogP contribution in [0, 0.1) is 6.92 Å². The molecule has 110 heavy (non-hydrogen) atoms. The number of H-pyrrole nitrogens is 1. The van der Waals surface area contributed by atoms with Crippen molar-refractivity contribution >= 4 is 127 Å². The van der Waals surface area contributed by atoms with Crippen LogP contribution in [0.3, 0.4) is 0 Å². The highest BCUT2D eigenvalue weighted by molar-refractivity contribution is 5.96. The van der Waals surface area contributed by atoms with Gasteiger partial charge in [-0.2, -0.15) is 0 Å². The molecule has 0 unspecified atom stereocenters. The van der Waals surface area contributed by atoms with Gasteiger partial charge in [0.25, 0.3) is 35.4 Å². The first-order valence-electron chi connectivity index (χ1n) is 34.1. The lowest BCUT2D eigenvalue weighted by Crippen LogP contribution is -2.25. The smallest absolute Gasteiger partial charge is 0.267 e. The van der Waals surface area contributed by atoms with Gasteiger partial charge in [-0.15, -0.1) is 0 Å². The van der Waals surface area contributed by atoms with Crippen LogP contribution in [-0.2, 0) is 89.3 Å². The van der Waals surface area contributed by atoms with Gasteiger partial charge in [-0.3, -0.25) is 64.6 Å². The third-order valence-electron chi connectivity index (χ3n) is 17.0. The third-order valence-corrected chi connectivity index (χ3v) is 17.0. The van der Waals surface area contributed by atoms with Gasteiger partial charge >= 0.3 is 0 Å². The fourth-order valence-corrected chi connectivity index (χ4v) is 11.1. The van der Waals surface area contributed by atoms with Gasteiger partial charge in [0.05, 0.1) is 81.0 Å². The van der Waals surface area contributed by atoms with E-state index in [1.165, 1.54) is 46.9 Å². The van der Waals surface area contributed by atoms with Crippen molar-refractivity contribution in [3.8, 4) is 0 Å². The number of aryl methyl sites for hydroxylation is 7. The maximum atomic E-state index is 12.1. The number of amides is 7. The molecule has 6 heterocycles. The molecule has 30 heteroatoms. The van der Waals surface area contributed by atoms with Crippen LogP contribution in [0.1, 0.15) is 79.0 Å². The Balaban J connectivity index is 0.000000161. The molecule has 13 rings (SSSR count). The van der Waals surface area contributed by atoms with Crippen LogP contribution in [0.5, 0.6) is 0 Å².